The maximum absolute atomic E-state index is 6.14. The highest BCUT2D eigenvalue weighted by atomic mass is 79.9. The monoisotopic (exact) mass is 284 g/mol. The fourth-order valence-corrected chi connectivity index (χ4v) is 2.34. The quantitative estimate of drug-likeness (QED) is 0.769. The lowest BCUT2D eigenvalue weighted by molar-refractivity contribution is 0.974. The van der Waals surface area contributed by atoms with Crippen molar-refractivity contribution in [3.05, 3.63) is 47.0 Å². The number of aromatic nitrogens is 2. The Kier molecular flexibility index (Phi) is 3.12. The van der Waals surface area contributed by atoms with Crippen LogP contribution in [0.25, 0.3) is 5.69 Å². The van der Waals surface area contributed by atoms with Gasteiger partial charge in [0, 0.05) is 28.4 Å². The van der Waals surface area contributed by atoms with Crippen molar-refractivity contribution in [2.45, 2.75) is 12.3 Å². The molecule has 1 aromatic carbocycles. The molecule has 0 radical (unpaired) electrons. The van der Waals surface area contributed by atoms with Gasteiger partial charge in [-0.05, 0) is 24.6 Å². The van der Waals surface area contributed by atoms with E-state index >= 15 is 0 Å². The first kappa shape index (κ1) is 10.7. The molecule has 0 saturated carbocycles. The SMILES string of the molecule is Cc1nccn1-c1ccc(CBr)c(Cl)c1. The van der Waals surface area contributed by atoms with Crippen LogP contribution < -0.4 is 0 Å². The average molecular weight is 286 g/mol. The molecule has 1 heterocycles. The highest BCUT2D eigenvalue weighted by Crippen LogP contribution is 2.22. The van der Waals surface area contributed by atoms with Crippen molar-refractivity contribution in [2.75, 3.05) is 0 Å². The molecule has 0 unspecified atom stereocenters. The molecule has 2 rings (SSSR count). The minimum atomic E-state index is 0.773. The Morgan fingerprint density at radius 1 is 1.47 bits per heavy atom. The minimum absolute atomic E-state index is 0.773. The second-order valence-electron chi connectivity index (χ2n) is 3.25. The van der Waals surface area contributed by atoms with Crippen LogP contribution in [-0.4, -0.2) is 9.55 Å². The van der Waals surface area contributed by atoms with Crippen LogP contribution >= 0.6 is 27.5 Å². The van der Waals surface area contributed by atoms with Crippen LogP contribution in [0.3, 0.4) is 0 Å². The number of alkyl halides is 1. The van der Waals surface area contributed by atoms with Crippen LogP contribution in [0, 0.1) is 6.92 Å². The van der Waals surface area contributed by atoms with Gasteiger partial charge < -0.3 is 4.57 Å². The van der Waals surface area contributed by atoms with E-state index < -0.39 is 0 Å². The molecule has 0 saturated heterocycles. The van der Waals surface area contributed by atoms with Crippen molar-refractivity contribution in [1.82, 2.24) is 9.55 Å². The van der Waals surface area contributed by atoms with E-state index in [1.54, 1.807) is 6.20 Å². The van der Waals surface area contributed by atoms with E-state index in [0.717, 1.165) is 27.4 Å². The van der Waals surface area contributed by atoms with Crippen molar-refractivity contribution < 1.29 is 0 Å². The van der Waals surface area contributed by atoms with E-state index in [0.29, 0.717) is 0 Å². The van der Waals surface area contributed by atoms with Gasteiger partial charge in [0.25, 0.3) is 0 Å². The van der Waals surface area contributed by atoms with E-state index in [2.05, 4.69) is 20.9 Å². The summed E-state index contributed by atoms with van der Waals surface area (Å²) in [6.07, 6.45) is 3.70. The van der Waals surface area contributed by atoms with Crippen LogP contribution in [0.2, 0.25) is 5.02 Å². The second kappa shape index (κ2) is 4.37. The molecular weight excluding hydrogens is 275 g/mol. The van der Waals surface area contributed by atoms with Crippen molar-refractivity contribution in [2.24, 2.45) is 0 Å². The molecule has 0 aliphatic heterocycles. The Morgan fingerprint density at radius 2 is 2.27 bits per heavy atom. The second-order valence-corrected chi connectivity index (χ2v) is 4.22. The van der Waals surface area contributed by atoms with Crippen molar-refractivity contribution >= 4 is 27.5 Å². The summed E-state index contributed by atoms with van der Waals surface area (Å²) in [7, 11) is 0. The normalized spacial score (nSPS) is 10.6. The molecule has 4 heteroatoms. The molecule has 2 nitrogen and oxygen atoms in total. The van der Waals surface area contributed by atoms with Gasteiger partial charge in [-0.1, -0.05) is 33.6 Å². The maximum Gasteiger partial charge on any atom is 0.110 e. The minimum Gasteiger partial charge on any atom is -0.304 e. The van der Waals surface area contributed by atoms with Crippen LogP contribution in [0.4, 0.5) is 0 Å². The van der Waals surface area contributed by atoms with Gasteiger partial charge in [-0.25, -0.2) is 4.98 Å². The van der Waals surface area contributed by atoms with Gasteiger partial charge in [-0.3, -0.25) is 0 Å². The Balaban J connectivity index is 2.47. The largest absolute Gasteiger partial charge is 0.304 e. The Labute approximate surface area is 102 Å². The van der Waals surface area contributed by atoms with E-state index in [1.807, 2.05) is 35.9 Å². The van der Waals surface area contributed by atoms with E-state index in [4.69, 9.17) is 11.6 Å². The molecule has 15 heavy (non-hydrogen) atoms. The summed E-state index contributed by atoms with van der Waals surface area (Å²) in [5.74, 6) is 0.956. The van der Waals surface area contributed by atoms with Crippen molar-refractivity contribution in [1.29, 1.82) is 0 Å². The zero-order chi connectivity index (χ0) is 10.8. The van der Waals surface area contributed by atoms with Crippen LogP contribution in [0.5, 0.6) is 0 Å². The predicted octanol–water partition coefficient (Wildman–Crippen LogP) is 3.73. The molecule has 0 spiro atoms. The molecule has 0 amide bonds. The number of benzene rings is 1. The summed E-state index contributed by atoms with van der Waals surface area (Å²) in [5.41, 5.74) is 2.14. The average Bonchev–Trinajstić information content (AvgIpc) is 2.64. The molecule has 0 atom stereocenters. The summed E-state index contributed by atoms with van der Waals surface area (Å²) < 4.78 is 2.00. The molecule has 0 aliphatic rings. The fourth-order valence-electron chi connectivity index (χ4n) is 1.45. The topological polar surface area (TPSA) is 17.8 Å². The molecule has 0 bridgehead atoms. The van der Waals surface area contributed by atoms with Crippen LogP contribution in [-0.2, 0) is 5.33 Å². The molecule has 0 fully saturated rings. The fraction of sp³-hybridized carbons (Fsp3) is 0.182. The van der Waals surface area contributed by atoms with Gasteiger partial charge in [-0.2, -0.15) is 0 Å². The van der Waals surface area contributed by atoms with E-state index in [9.17, 15) is 0 Å². The van der Waals surface area contributed by atoms with E-state index in [1.165, 1.54) is 0 Å². The number of aryl methyl sites for hydroxylation is 1. The summed E-state index contributed by atoms with van der Waals surface area (Å²) in [5, 5.41) is 1.55. The Hall–Kier alpha value is -0.800. The summed E-state index contributed by atoms with van der Waals surface area (Å²) in [6.45, 7) is 1.96. The molecule has 0 N–H and O–H groups in total. The zero-order valence-electron chi connectivity index (χ0n) is 8.24. The molecule has 0 aliphatic carbocycles. The smallest absolute Gasteiger partial charge is 0.110 e. The first-order valence-electron chi connectivity index (χ1n) is 4.57. The third-order valence-corrected chi connectivity index (χ3v) is 3.24. The highest BCUT2D eigenvalue weighted by molar-refractivity contribution is 9.08. The Morgan fingerprint density at radius 3 is 2.80 bits per heavy atom. The summed E-state index contributed by atoms with van der Waals surface area (Å²) in [6, 6.07) is 6.01. The number of imidazole rings is 1. The number of rotatable bonds is 2. The highest BCUT2D eigenvalue weighted by Gasteiger charge is 2.03. The first-order chi connectivity index (χ1) is 7.22. The Bertz CT molecular complexity index is 479. The molecule has 78 valence electrons. The van der Waals surface area contributed by atoms with Gasteiger partial charge >= 0.3 is 0 Å². The molecular formula is C11H10BrClN2. The molecule has 1 aromatic heterocycles. The van der Waals surface area contributed by atoms with E-state index in [-0.39, 0.29) is 0 Å². The third kappa shape index (κ3) is 2.08. The predicted molar refractivity (Wildman–Crippen MR) is 65.9 cm³/mol. The standard InChI is InChI=1S/C11H10BrClN2/c1-8-14-4-5-15(8)10-3-2-9(7-12)11(13)6-10/h2-6H,7H2,1H3. The van der Waals surface area contributed by atoms with Gasteiger partial charge in [0.05, 0.1) is 0 Å². The lowest BCUT2D eigenvalue weighted by atomic mass is 10.2. The number of nitrogens with zero attached hydrogens (tertiary/aromatic N) is 2. The molecule has 2 aromatic rings. The van der Waals surface area contributed by atoms with Gasteiger partial charge in [0.15, 0.2) is 0 Å². The van der Waals surface area contributed by atoms with Crippen LogP contribution in [0.1, 0.15) is 11.4 Å². The van der Waals surface area contributed by atoms with Gasteiger partial charge in [-0.15, -0.1) is 0 Å². The first-order valence-corrected chi connectivity index (χ1v) is 6.07. The van der Waals surface area contributed by atoms with Gasteiger partial charge in [0.2, 0.25) is 0 Å². The third-order valence-electron chi connectivity index (χ3n) is 2.28. The van der Waals surface area contributed by atoms with Crippen molar-refractivity contribution in [3.63, 3.8) is 0 Å². The lowest BCUT2D eigenvalue weighted by Gasteiger charge is -2.07. The van der Waals surface area contributed by atoms with Gasteiger partial charge in [0.1, 0.15) is 5.82 Å². The summed E-state index contributed by atoms with van der Waals surface area (Å²) in [4.78, 5) is 4.18. The number of halogens is 2. The maximum atomic E-state index is 6.14. The van der Waals surface area contributed by atoms with Crippen LogP contribution in [0.15, 0.2) is 30.6 Å². The lowest BCUT2D eigenvalue weighted by Crippen LogP contribution is -1.95. The number of hydrogen-bond donors (Lipinski definition) is 0. The van der Waals surface area contributed by atoms with Crippen molar-refractivity contribution in [3.8, 4) is 5.69 Å². The number of hydrogen-bond acceptors (Lipinski definition) is 1. The summed E-state index contributed by atoms with van der Waals surface area (Å²) >= 11 is 9.53. The zero-order valence-corrected chi connectivity index (χ0v) is 10.6.